The number of anilines is 2. The second-order valence-corrected chi connectivity index (χ2v) is 10.9. The molecular weight excluding hydrogens is 549 g/mol. The van der Waals surface area contributed by atoms with Crippen molar-refractivity contribution < 1.29 is 9.47 Å². The van der Waals surface area contributed by atoms with Crippen LogP contribution in [0.2, 0.25) is 10.0 Å². The minimum Gasteiger partial charge on any atom is -0.491 e. The van der Waals surface area contributed by atoms with E-state index < -0.39 is 5.54 Å². The number of hydrogen-bond acceptors (Lipinski definition) is 7. The van der Waals surface area contributed by atoms with Crippen molar-refractivity contribution in [3.8, 4) is 16.9 Å². The molecule has 3 aromatic heterocycles. The molecule has 0 amide bonds. The van der Waals surface area contributed by atoms with Crippen LogP contribution in [0.5, 0.6) is 5.75 Å². The minimum atomic E-state index is -0.542. The van der Waals surface area contributed by atoms with Crippen molar-refractivity contribution in [3.63, 3.8) is 0 Å². The van der Waals surface area contributed by atoms with E-state index in [-0.39, 0.29) is 5.56 Å². The number of hydrogen-bond donors (Lipinski definition) is 1. The summed E-state index contributed by atoms with van der Waals surface area (Å²) < 4.78 is 13.4. The normalized spacial score (nSPS) is 17.1. The predicted molar refractivity (Wildman–Crippen MR) is 161 cm³/mol. The van der Waals surface area contributed by atoms with Crippen LogP contribution in [0.3, 0.4) is 0 Å². The van der Waals surface area contributed by atoms with Crippen molar-refractivity contribution in [2.24, 2.45) is 0 Å². The monoisotopic (exact) mass is 581 g/mol. The first-order valence-corrected chi connectivity index (χ1v) is 14.2. The van der Waals surface area contributed by atoms with Gasteiger partial charge in [0.2, 0.25) is 0 Å². The molecule has 1 N–H and O–H groups in total. The fraction of sp³-hybridized carbons (Fsp3) is 0.367. The Morgan fingerprint density at radius 2 is 1.82 bits per heavy atom. The van der Waals surface area contributed by atoms with Crippen LogP contribution in [0, 0.1) is 0 Å². The molecule has 4 heterocycles. The fourth-order valence-electron chi connectivity index (χ4n) is 5.08. The Kier molecular flexibility index (Phi) is 8.61. The Morgan fingerprint density at radius 3 is 2.48 bits per heavy atom. The summed E-state index contributed by atoms with van der Waals surface area (Å²) in [4.78, 5) is 25.5. The number of rotatable bonds is 10. The first-order valence-electron chi connectivity index (χ1n) is 13.5. The molecule has 8 nitrogen and oxygen atoms in total. The number of likely N-dealkylation sites (N-methyl/N-ethyl adjacent to an activating group) is 1. The summed E-state index contributed by atoms with van der Waals surface area (Å²) in [6.07, 6.45) is 4.13. The molecule has 0 spiro atoms. The van der Waals surface area contributed by atoms with Crippen molar-refractivity contribution in [3.05, 3.63) is 75.3 Å². The average molecular weight is 583 g/mol. The summed E-state index contributed by atoms with van der Waals surface area (Å²) in [5, 5.41) is 4.88. The van der Waals surface area contributed by atoms with Crippen LogP contribution in [-0.4, -0.2) is 58.9 Å². The molecule has 0 saturated carbocycles. The number of benzene rings is 1. The van der Waals surface area contributed by atoms with Crippen LogP contribution in [0.1, 0.15) is 27.2 Å². The van der Waals surface area contributed by atoms with Crippen molar-refractivity contribution in [1.82, 2.24) is 19.4 Å². The van der Waals surface area contributed by atoms with Gasteiger partial charge in [-0.05, 0) is 56.8 Å². The van der Waals surface area contributed by atoms with Crippen LogP contribution in [-0.2, 0) is 10.3 Å². The van der Waals surface area contributed by atoms with Crippen molar-refractivity contribution in [2.75, 3.05) is 44.8 Å². The number of nitrogens with one attached hydrogen (secondary N) is 1. The fourth-order valence-corrected chi connectivity index (χ4v) is 5.68. The molecule has 1 atom stereocenters. The second kappa shape index (κ2) is 12.1. The molecule has 10 heteroatoms. The van der Waals surface area contributed by atoms with E-state index in [1.54, 1.807) is 41.2 Å². The zero-order chi connectivity index (χ0) is 28.3. The van der Waals surface area contributed by atoms with Crippen LogP contribution < -0.4 is 15.6 Å². The maximum atomic E-state index is 14.1. The lowest BCUT2D eigenvalue weighted by Crippen LogP contribution is -2.40. The van der Waals surface area contributed by atoms with Gasteiger partial charge in [-0.2, -0.15) is 0 Å². The zero-order valence-corrected chi connectivity index (χ0v) is 24.4. The molecule has 0 aliphatic carbocycles. The van der Waals surface area contributed by atoms with Crippen molar-refractivity contribution in [2.45, 2.75) is 32.7 Å². The standard InChI is InChI=1S/C30H33Cl2N5O3/c1-4-36(5-2)12-14-40-21-9-10-26(34-18-21)35-27-16-25-20(17-33-27)15-22(28-23(31)7-6-8-24(28)32)29(38)37(25)30(3)11-13-39-19-30/h6-10,15-18H,4-5,11-14,19H2,1-3H3,(H,33,34,35)/t30-/m1/s1. The van der Waals surface area contributed by atoms with Crippen LogP contribution in [0.15, 0.2) is 59.7 Å². The van der Waals surface area contributed by atoms with Crippen LogP contribution in [0.25, 0.3) is 22.0 Å². The van der Waals surface area contributed by atoms with Gasteiger partial charge in [-0.25, -0.2) is 9.97 Å². The van der Waals surface area contributed by atoms with E-state index in [1.807, 2.05) is 25.1 Å². The molecular formula is C30H33Cl2N5O3. The summed E-state index contributed by atoms with van der Waals surface area (Å²) >= 11 is 13.0. The number of pyridine rings is 3. The Bertz CT molecular complexity index is 1530. The first-order chi connectivity index (χ1) is 19.3. The summed E-state index contributed by atoms with van der Waals surface area (Å²) in [7, 11) is 0. The highest BCUT2D eigenvalue weighted by Gasteiger charge is 2.35. The Morgan fingerprint density at radius 1 is 1.07 bits per heavy atom. The number of fused-ring (bicyclic) bond motifs is 1. The maximum absolute atomic E-state index is 14.1. The molecule has 210 valence electrons. The topological polar surface area (TPSA) is 81.5 Å². The summed E-state index contributed by atoms with van der Waals surface area (Å²) in [6.45, 7) is 10.8. The van der Waals surface area contributed by atoms with Gasteiger partial charge in [-0.3, -0.25) is 9.36 Å². The molecule has 1 fully saturated rings. The first kappa shape index (κ1) is 28.4. The van der Waals surface area contributed by atoms with Crippen LogP contribution >= 0.6 is 23.2 Å². The Hall–Kier alpha value is -3.17. The zero-order valence-electron chi connectivity index (χ0n) is 22.9. The Labute approximate surface area is 243 Å². The quantitative estimate of drug-likeness (QED) is 0.233. The highest BCUT2D eigenvalue weighted by atomic mass is 35.5. The minimum absolute atomic E-state index is 0.183. The average Bonchev–Trinajstić information content (AvgIpc) is 3.39. The van der Waals surface area contributed by atoms with E-state index >= 15 is 0 Å². The number of nitrogens with zero attached hydrogens (tertiary/aromatic N) is 4. The predicted octanol–water partition coefficient (Wildman–Crippen LogP) is 6.37. The third-order valence-electron chi connectivity index (χ3n) is 7.42. The molecule has 40 heavy (non-hydrogen) atoms. The van der Waals surface area contributed by atoms with E-state index in [0.717, 1.165) is 30.5 Å². The highest BCUT2D eigenvalue weighted by molar-refractivity contribution is 6.39. The van der Waals surface area contributed by atoms with Gasteiger partial charge in [0.15, 0.2) is 0 Å². The van der Waals surface area contributed by atoms with Crippen molar-refractivity contribution in [1.29, 1.82) is 0 Å². The van der Waals surface area contributed by atoms with E-state index in [0.29, 0.717) is 64.8 Å². The summed E-state index contributed by atoms with van der Waals surface area (Å²) in [5.41, 5.74) is 0.952. The molecule has 1 aromatic carbocycles. The van der Waals surface area contributed by atoms with E-state index in [9.17, 15) is 4.79 Å². The molecule has 1 saturated heterocycles. The highest BCUT2D eigenvalue weighted by Crippen LogP contribution is 2.36. The lowest BCUT2D eigenvalue weighted by atomic mass is 9.97. The van der Waals surface area contributed by atoms with Crippen molar-refractivity contribution >= 4 is 45.7 Å². The Balaban J connectivity index is 1.47. The lowest BCUT2D eigenvalue weighted by Gasteiger charge is -2.28. The number of aromatic nitrogens is 3. The van der Waals surface area contributed by atoms with Gasteiger partial charge < -0.3 is 19.7 Å². The lowest BCUT2D eigenvalue weighted by molar-refractivity contribution is 0.162. The van der Waals surface area contributed by atoms with Gasteiger partial charge in [-0.1, -0.05) is 43.1 Å². The number of halogens is 2. The molecule has 0 bridgehead atoms. The van der Waals surface area contributed by atoms with E-state index in [2.05, 4.69) is 34.0 Å². The third kappa shape index (κ3) is 5.81. The molecule has 4 aromatic rings. The smallest absolute Gasteiger partial charge is 0.259 e. The van der Waals surface area contributed by atoms with Gasteiger partial charge in [0.1, 0.15) is 24.0 Å². The van der Waals surface area contributed by atoms with Crippen LogP contribution in [0.4, 0.5) is 11.6 Å². The van der Waals surface area contributed by atoms with Gasteiger partial charge in [0, 0.05) is 36.4 Å². The van der Waals surface area contributed by atoms with Gasteiger partial charge >= 0.3 is 0 Å². The van der Waals surface area contributed by atoms with Gasteiger partial charge in [0.05, 0.1) is 39.5 Å². The SMILES string of the molecule is CCN(CC)CCOc1ccc(Nc2cc3c(cn2)cc(-c2c(Cl)cccc2Cl)c(=O)n3[C@]2(C)CCOC2)nc1. The largest absolute Gasteiger partial charge is 0.491 e. The summed E-state index contributed by atoms with van der Waals surface area (Å²) in [6, 6.07) is 12.6. The maximum Gasteiger partial charge on any atom is 0.259 e. The molecule has 0 unspecified atom stereocenters. The molecule has 5 rings (SSSR count). The third-order valence-corrected chi connectivity index (χ3v) is 8.05. The second-order valence-electron chi connectivity index (χ2n) is 10.1. The summed E-state index contributed by atoms with van der Waals surface area (Å²) in [5.74, 6) is 1.89. The van der Waals surface area contributed by atoms with Gasteiger partial charge in [0.25, 0.3) is 5.56 Å². The van der Waals surface area contributed by atoms with Gasteiger partial charge in [-0.15, -0.1) is 0 Å². The molecule has 1 aliphatic rings. The van der Waals surface area contributed by atoms with E-state index in [4.69, 9.17) is 32.7 Å². The van der Waals surface area contributed by atoms with E-state index in [1.165, 1.54) is 0 Å². The number of ether oxygens (including phenoxy) is 2. The molecule has 1 aliphatic heterocycles. The molecule has 0 radical (unpaired) electrons.